The Bertz CT molecular complexity index is 622. The second-order valence-electron chi connectivity index (χ2n) is 4.36. The van der Waals surface area contributed by atoms with Crippen molar-refractivity contribution in [1.29, 1.82) is 5.26 Å². The molecule has 0 radical (unpaired) electrons. The average molecular weight is 331 g/mol. The first-order chi connectivity index (χ1) is 9.74. The van der Waals surface area contributed by atoms with Crippen molar-refractivity contribution < 1.29 is 4.74 Å². The maximum absolute atomic E-state index is 9.39. The summed E-state index contributed by atoms with van der Waals surface area (Å²) in [6, 6.07) is 17.5. The summed E-state index contributed by atoms with van der Waals surface area (Å²) in [6.45, 7) is 0.543. The Labute approximate surface area is 127 Å². The van der Waals surface area contributed by atoms with Gasteiger partial charge in [-0.25, -0.2) is 0 Å². The molecule has 0 amide bonds. The van der Waals surface area contributed by atoms with Gasteiger partial charge in [0.2, 0.25) is 0 Å². The molecule has 1 N–H and O–H groups in total. The van der Waals surface area contributed by atoms with Crippen molar-refractivity contribution in [2.75, 3.05) is 12.4 Å². The predicted molar refractivity (Wildman–Crippen MR) is 83.3 cm³/mol. The van der Waals surface area contributed by atoms with Crippen LogP contribution in [0.4, 0.5) is 5.69 Å². The first-order valence-electron chi connectivity index (χ1n) is 6.23. The first-order valence-corrected chi connectivity index (χ1v) is 7.02. The van der Waals surface area contributed by atoms with Gasteiger partial charge in [-0.15, -0.1) is 0 Å². The number of hydrogen-bond donors (Lipinski definition) is 1. The zero-order chi connectivity index (χ0) is 14.4. The zero-order valence-corrected chi connectivity index (χ0v) is 12.7. The van der Waals surface area contributed by atoms with Gasteiger partial charge in [0, 0.05) is 17.3 Å². The maximum atomic E-state index is 9.39. The summed E-state index contributed by atoms with van der Waals surface area (Å²) in [5.41, 5.74) is 2.88. The minimum Gasteiger partial charge on any atom is -0.380 e. The molecule has 2 aromatic rings. The number of para-hydroxylation sites is 1. The fraction of sp³-hybridized carbons (Fsp3) is 0.188. The number of nitriles is 1. The second kappa shape index (κ2) is 7.09. The van der Waals surface area contributed by atoms with E-state index in [1.165, 1.54) is 0 Å². The molecule has 0 aliphatic carbocycles. The molecule has 0 aliphatic heterocycles. The molecule has 0 aromatic heterocycles. The van der Waals surface area contributed by atoms with Gasteiger partial charge in [-0.2, -0.15) is 5.26 Å². The summed E-state index contributed by atoms with van der Waals surface area (Å²) in [6.07, 6.45) is 0. The van der Waals surface area contributed by atoms with E-state index in [-0.39, 0.29) is 0 Å². The Hall–Kier alpha value is -1.83. The lowest BCUT2D eigenvalue weighted by Crippen LogP contribution is -2.09. The SMILES string of the molecule is COCc1cccc(C(C#N)Nc2ccccc2Br)c1. The number of hydrogen-bond acceptors (Lipinski definition) is 3. The van der Waals surface area contributed by atoms with Gasteiger partial charge >= 0.3 is 0 Å². The molecule has 20 heavy (non-hydrogen) atoms. The van der Waals surface area contributed by atoms with Crippen LogP contribution >= 0.6 is 15.9 Å². The maximum Gasteiger partial charge on any atom is 0.140 e. The van der Waals surface area contributed by atoms with Gasteiger partial charge < -0.3 is 10.1 Å². The summed E-state index contributed by atoms with van der Waals surface area (Å²) in [5.74, 6) is 0. The average Bonchev–Trinajstić information content (AvgIpc) is 2.47. The molecule has 0 fully saturated rings. The summed E-state index contributed by atoms with van der Waals surface area (Å²) in [5, 5.41) is 12.6. The molecule has 0 bridgehead atoms. The van der Waals surface area contributed by atoms with Crippen molar-refractivity contribution in [2.45, 2.75) is 12.6 Å². The van der Waals surface area contributed by atoms with Crippen LogP contribution < -0.4 is 5.32 Å². The van der Waals surface area contributed by atoms with Crippen LogP contribution in [0.15, 0.2) is 53.0 Å². The molecule has 4 heteroatoms. The Morgan fingerprint density at radius 2 is 2.05 bits per heavy atom. The standard InChI is InChI=1S/C16H15BrN2O/c1-20-11-12-5-4-6-13(9-12)16(10-18)19-15-8-3-2-7-14(15)17/h2-9,16,19H,11H2,1H3. The third-order valence-corrected chi connectivity index (χ3v) is 3.59. The van der Waals surface area contributed by atoms with Crippen LogP contribution in [-0.4, -0.2) is 7.11 Å². The van der Waals surface area contributed by atoms with Gasteiger partial charge in [-0.3, -0.25) is 0 Å². The smallest absolute Gasteiger partial charge is 0.140 e. The molecule has 2 rings (SSSR count). The number of benzene rings is 2. The summed E-state index contributed by atoms with van der Waals surface area (Å²) in [7, 11) is 1.66. The number of nitrogens with zero attached hydrogens (tertiary/aromatic N) is 1. The largest absolute Gasteiger partial charge is 0.380 e. The van der Waals surface area contributed by atoms with Crippen LogP contribution in [0.25, 0.3) is 0 Å². The van der Waals surface area contributed by atoms with Crippen molar-refractivity contribution in [1.82, 2.24) is 0 Å². The highest BCUT2D eigenvalue weighted by molar-refractivity contribution is 9.10. The third-order valence-electron chi connectivity index (χ3n) is 2.90. The van der Waals surface area contributed by atoms with E-state index in [0.29, 0.717) is 6.61 Å². The number of halogens is 1. The van der Waals surface area contributed by atoms with E-state index in [0.717, 1.165) is 21.3 Å². The second-order valence-corrected chi connectivity index (χ2v) is 5.22. The molecule has 0 heterocycles. The van der Waals surface area contributed by atoms with Crippen molar-refractivity contribution in [3.63, 3.8) is 0 Å². The molecule has 1 unspecified atom stereocenters. The third kappa shape index (κ3) is 3.60. The first kappa shape index (κ1) is 14.6. The van der Waals surface area contributed by atoms with Crippen molar-refractivity contribution in [2.24, 2.45) is 0 Å². The Morgan fingerprint density at radius 1 is 1.25 bits per heavy atom. The van der Waals surface area contributed by atoms with E-state index in [9.17, 15) is 5.26 Å². The van der Waals surface area contributed by atoms with Gasteiger partial charge in [-0.05, 0) is 39.2 Å². The normalized spacial score (nSPS) is 11.7. The molecule has 2 aromatic carbocycles. The lowest BCUT2D eigenvalue weighted by atomic mass is 10.0. The molecule has 0 saturated carbocycles. The highest BCUT2D eigenvalue weighted by Crippen LogP contribution is 2.26. The minimum atomic E-state index is -0.398. The molecule has 0 spiro atoms. The van der Waals surface area contributed by atoms with Gasteiger partial charge in [0.25, 0.3) is 0 Å². The van der Waals surface area contributed by atoms with E-state index in [2.05, 4.69) is 27.3 Å². The van der Waals surface area contributed by atoms with Gasteiger partial charge in [0.05, 0.1) is 12.7 Å². The lowest BCUT2D eigenvalue weighted by Gasteiger charge is -2.15. The molecule has 0 aliphatic rings. The van der Waals surface area contributed by atoms with Gasteiger partial charge in [0.1, 0.15) is 6.04 Å². The minimum absolute atomic E-state index is 0.398. The fourth-order valence-electron chi connectivity index (χ4n) is 1.95. The number of nitrogens with one attached hydrogen (secondary N) is 1. The van der Waals surface area contributed by atoms with Crippen LogP contribution in [0.5, 0.6) is 0 Å². The topological polar surface area (TPSA) is 45.0 Å². The highest BCUT2D eigenvalue weighted by Gasteiger charge is 2.12. The summed E-state index contributed by atoms with van der Waals surface area (Å²) >= 11 is 3.47. The van der Waals surface area contributed by atoms with Crippen molar-refractivity contribution >= 4 is 21.6 Å². The summed E-state index contributed by atoms with van der Waals surface area (Å²) in [4.78, 5) is 0. The van der Waals surface area contributed by atoms with Crippen molar-refractivity contribution in [3.05, 3.63) is 64.1 Å². The van der Waals surface area contributed by atoms with Crippen LogP contribution in [0.3, 0.4) is 0 Å². The van der Waals surface area contributed by atoms with E-state index < -0.39 is 6.04 Å². The van der Waals surface area contributed by atoms with Gasteiger partial charge in [0.15, 0.2) is 0 Å². The van der Waals surface area contributed by atoms with E-state index in [1.54, 1.807) is 7.11 Å². The fourth-order valence-corrected chi connectivity index (χ4v) is 2.35. The van der Waals surface area contributed by atoms with E-state index in [4.69, 9.17) is 4.74 Å². The highest BCUT2D eigenvalue weighted by atomic mass is 79.9. The van der Waals surface area contributed by atoms with Crippen LogP contribution in [0, 0.1) is 11.3 Å². The molecular weight excluding hydrogens is 316 g/mol. The predicted octanol–water partition coefficient (Wildman–Crippen LogP) is 4.27. The van der Waals surface area contributed by atoms with E-state index in [1.807, 2.05) is 48.5 Å². The zero-order valence-electron chi connectivity index (χ0n) is 11.1. The number of methoxy groups -OCH3 is 1. The van der Waals surface area contributed by atoms with Gasteiger partial charge in [-0.1, -0.05) is 36.4 Å². The van der Waals surface area contributed by atoms with E-state index >= 15 is 0 Å². The Morgan fingerprint density at radius 3 is 2.75 bits per heavy atom. The molecule has 3 nitrogen and oxygen atoms in total. The molecule has 102 valence electrons. The van der Waals surface area contributed by atoms with Crippen LogP contribution in [0.1, 0.15) is 17.2 Å². The molecule has 0 saturated heterocycles. The molecule has 1 atom stereocenters. The van der Waals surface area contributed by atoms with Crippen LogP contribution in [0.2, 0.25) is 0 Å². The summed E-state index contributed by atoms with van der Waals surface area (Å²) < 4.78 is 6.06. The number of anilines is 1. The lowest BCUT2D eigenvalue weighted by molar-refractivity contribution is 0.185. The quantitative estimate of drug-likeness (QED) is 0.890. The number of ether oxygens (including phenoxy) is 1. The Kier molecular flexibility index (Phi) is 5.16. The number of rotatable bonds is 5. The van der Waals surface area contributed by atoms with Crippen LogP contribution in [-0.2, 0) is 11.3 Å². The monoisotopic (exact) mass is 330 g/mol. The Balaban J connectivity index is 2.23. The van der Waals surface area contributed by atoms with Crippen molar-refractivity contribution in [3.8, 4) is 6.07 Å². The molecular formula is C16H15BrN2O.